The lowest BCUT2D eigenvalue weighted by atomic mass is 10.1. The molecule has 0 aliphatic heterocycles. The van der Waals surface area contributed by atoms with E-state index in [0.717, 1.165) is 25.3 Å². The van der Waals surface area contributed by atoms with Crippen molar-refractivity contribution in [3.8, 4) is 0 Å². The summed E-state index contributed by atoms with van der Waals surface area (Å²) in [5.74, 6) is -0.0541. The van der Waals surface area contributed by atoms with Crippen molar-refractivity contribution in [1.82, 2.24) is 4.90 Å². The number of amides is 1. The average molecular weight is 334 g/mol. The number of nitrogens with zero attached hydrogens (tertiary/aromatic N) is 1. The molecule has 0 atom stereocenters. The van der Waals surface area contributed by atoms with Gasteiger partial charge in [-0.1, -0.05) is 42.5 Å². The number of nitrogens with two attached hydrogens (primary N) is 1. The first-order valence-corrected chi connectivity index (χ1v) is 7.50. The van der Waals surface area contributed by atoms with Crippen molar-refractivity contribution in [2.75, 3.05) is 18.4 Å². The van der Waals surface area contributed by atoms with Crippen molar-refractivity contribution in [3.05, 3.63) is 65.7 Å². The largest absolute Gasteiger partial charge is 0.329 e. The van der Waals surface area contributed by atoms with Gasteiger partial charge in [-0.2, -0.15) is 0 Å². The molecule has 2 aromatic carbocycles. The lowest BCUT2D eigenvalue weighted by Gasteiger charge is -2.22. The van der Waals surface area contributed by atoms with Crippen LogP contribution in [0.25, 0.3) is 0 Å². The zero-order valence-electron chi connectivity index (χ0n) is 13.4. The number of nitrogens with one attached hydrogen (secondary N) is 1. The van der Waals surface area contributed by atoms with Gasteiger partial charge in [-0.3, -0.25) is 9.69 Å². The molecule has 0 spiro atoms. The zero-order chi connectivity index (χ0) is 15.8. The summed E-state index contributed by atoms with van der Waals surface area (Å²) in [6.45, 7) is 4.72. The molecule has 0 radical (unpaired) electrons. The van der Waals surface area contributed by atoms with Gasteiger partial charge in [0.05, 0.1) is 0 Å². The molecular formula is C18H24ClN3O. The summed E-state index contributed by atoms with van der Waals surface area (Å²) in [4.78, 5) is 13.4. The fraction of sp³-hybridized carbons (Fsp3) is 0.278. The highest BCUT2D eigenvalue weighted by Crippen LogP contribution is 2.13. The van der Waals surface area contributed by atoms with Gasteiger partial charge in [0.1, 0.15) is 0 Å². The minimum Gasteiger partial charge on any atom is -0.329 e. The highest BCUT2D eigenvalue weighted by Gasteiger charge is 2.06. The van der Waals surface area contributed by atoms with Crippen LogP contribution in [0.3, 0.4) is 0 Å². The van der Waals surface area contributed by atoms with Crippen LogP contribution in [-0.2, 0) is 17.9 Å². The molecule has 0 bridgehead atoms. The van der Waals surface area contributed by atoms with E-state index in [1.54, 1.807) is 0 Å². The topological polar surface area (TPSA) is 58.4 Å². The number of anilines is 1. The van der Waals surface area contributed by atoms with Gasteiger partial charge in [-0.25, -0.2) is 0 Å². The predicted molar refractivity (Wildman–Crippen MR) is 97.6 cm³/mol. The molecule has 0 heterocycles. The zero-order valence-corrected chi connectivity index (χ0v) is 14.2. The molecule has 1 amide bonds. The molecular weight excluding hydrogens is 310 g/mol. The lowest BCUT2D eigenvalue weighted by Crippen LogP contribution is -2.28. The van der Waals surface area contributed by atoms with Crippen LogP contribution < -0.4 is 11.1 Å². The van der Waals surface area contributed by atoms with E-state index < -0.39 is 0 Å². The number of hydrogen-bond donors (Lipinski definition) is 2. The smallest absolute Gasteiger partial charge is 0.221 e. The summed E-state index contributed by atoms with van der Waals surface area (Å²) in [6, 6.07) is 18.3. The molecule has 5 heteroatoms. The van der Waals surface area contributed by atoms with Crippen molar-refractivity contribution < 1.29 is 4.79 Å². The Balaban J connectivity index is 0.00000264. The van der Waals surface area contributed by atoms with Crippen LogP contribution >= 0.6 is 12.4 Å². The minimum absolute atomic E-state index is 0. The minimum atomic E-state index is -0.0541. The number of rotatable bonds is 7. The number of carbonyl (C=O) groups is 1. The standard InChI is InChI=1S/C18H23N3O.ClH/c1-15(22)20-18-9-7-17(8-10-18)14-21(12-11-19)13-16-5-3-2-4-6-16;/h2-10H,11-14,19H2,1H3,(H,20,22);1H. The van der Waals surface area contributed by atoms with Gasteiger partial charge in [-0.15, -0.1) is 12.4 Å². The molecule has 0 aliphatic carbocycles. The number of halogens is 1. The van der Waals surface area contributed by atoms with Crippen LogP contribution in [0.2, 0.25) is 0 Å². The first-order chi connectivity index (χ1) is 10.7. The van der Waals surface area contributed by atoms with E-state index in [-0.39, 0.29) is 18.3 Å². The SMILES string of the molecule is CC(=O)Nc1ccc(CN(CCN)Cc2ccccc2)cc1.Cl. The van der Waals surface area contributed by atoms with Crippen molar-refractivity contribution >= 4 is 24.0 Å². The molecule has 0 aliphatic rings. The Labute approximate surface area is 144 Å². The van der Waals surface area contributed by atoms with E-state index in [2.05, 4.69) is 34.5 Å². The Morgan fingerprint density at radius 2 is 1.57 bits per heavy atom. The highest BCUT2D eigenvalue weighted by molar-refractivity contribution is 5.88. The van der Waals surface area contributed by atoms with Gasteiger partial charge in [0.25, 0.3) is 0 Å². The maximum atomic E-state index is 11.0. The van der Waals surface area contributed by atoms with Gasteiger partial charge >= 0.3 is 0 Å². The summed E-state index contributed by atoms with van der Waals surface area (Å²) in [5, 5.41) is 2.78. The second-order valence-electron chi connectivity index (χ2n) is 5.36. The Morgan fingerprint density at radius 1 is 1.00 bits per heavy atom. The van der Waals surface area contributed by atoms with Gasteiger partial charge in [-0.05, 0) is 23.3 Å². The first kappa shape index (κ1) is 19.2. The van der Waals surface area contributed by atoms with Gasteiger partial charge in [0, 0.05) is 38.8 Å². The monoisotopic (exact) mass is 333 g/mol. The molecule has 2 rings (SSSR count). The maximum absolute atomic E-state index is 11.0. The normalized spacial score (nSPS) is 10.2. The third-order valence-electron chi connectivity index (χ3n) is 3.37. The van der Waals surface area contributed by atoms with Crippen LogP contribution in [0.4, 0.5) is 5.69 Å². The molecule has 0 fully saturated rings. The third-order valence-corrected chi connectivity index (χ3v) is 3.37. The number of benzene rings is 2. The summed E-state index contributed by atoms with van der Waals surface area (Å²) < 4.78 is 0. The van der Waals surface area contributed by atoms with Crippen LogP contribution in [0, 0.1) is 0 Å². The Morgan fingerprint density at radius 3 is 2.09 bits per heavy atom. The van der Waals surface area contributed by atoms with E-state index in [0.29, 0.717) is 6.54 Å². The van der Waals surface area contributed by atoms with Crippen LogP contribution in [-0.4, -0.2) is 23.9 Å². The van der Waals surface area contributed by atoms with E-state index in [1.807, 2.05) is 30.3 Å². The van der Waals surface area contributed by atoms with E-state index in [4.69, 9.17) is 5.73 Å². The van der Waals surface area contributed by atoms with Gasteiger partial charge in [0.2, 0.25) is 5.91 Å². The summed E-state index contributed by atoms with van der Waals surface area (Å²) in [5.41, 5.74) is 9.04. The van der Waals surface area contributed by atoms with Gasteiger partial charge < -0.3 is 11.1 Å². The molecule has 2 aromatic rings. The van der Waals surface area contributed by atoms with Crippen molar-refractivity contribution in [2.45, 2.75) is 20.0 Å². The Hall–Kier alpha value is -1.88. The molecule has 3 N–H and O–H groups in total. The van der Waals surface area contributed by atoms with Crippen LogP contribution in [0.15, 0.2) is 54.6 Å². The van der Waals surface area contributed by atoms with E-state index in [1.165, 1.54) is 18.1 Å². The third kappa shape index (κ3) is 6.82. The molecule has 124 valence electrons. The van der Waals surface area contributed by atoms with Crippen molar-refractivity contribution in [3.63, 3.8) is 0 Å². The van der Waals surface area contributed by atoms with Gasteiger partial charge in [0.15, 0.2) is 0 Å². The predicted octanol–water partition coefficient (Wildman–Crippen LogP) is 3.03. The fourth-order valence-electron chi connectivity index (χ4n) is 2.39. The quantitative estimate of drug-likeness (QED) is 0.818. The molecule has 0 unspecified atom stereocenters. The second kappa shape index (κ2) is 10.0. The molecule has 0 saturated heterocycles. The number of carbonyl (C=O) groups excluding carboxylic acids is 1. The first-order valence-electron chi connectivity index (χ1n) is 7.50. The molecule has 23 heavy (non-hydrogen) atoms. The average Bonchev–Trinajstić information content (AvgIpc) is 2.50. The van der Waals surface area contributed by atoms with E-state index >= 15 is 0 Å². The molecule has 0 saturated carbocycles. The second-order valence-corrected chi connectivity index (χ2v) is 5.36. The maximum Gasteiger partial charge on any atom is 0.221 e. The number of hydrogen-bond acceptors (Lipinski definition) is 3. The van der Waals surface area contributed by atoms with E-state index in [9.17, 15) is 4.79 Å². The fourth-order valence-corrected chi connectivity index (χ4v) is 2.39. The highest BCUT2D eigenvalue weighted by atomic mass is 35.5. The molecule has 0 aromatic heterocycles. The van der Waals surface area contributed by atoms with Crippen molar-refractivity contribution in [2.24, 2.45) is 5.73 Å². The summed E-state index contributed by atoms with van der Waals surface area (Å²) in [6.07, 6.45) is 0. The van der Waals surface area contributed by atoms with Crippen molar-refractivity contribution in [1.29, 1.82) is 0 Å². The summed E-state index contributed by atoms with van der Waals surface area (Å²) >= 11 is 0. The van der Waals surface area contributed by atoms with Crippen LogP contribution in [0.1, 0.15) is 18.1 Å². The van der Waals surface area contributed by atoms with Crippen LogP contribution in [0.5, 0.6) is 0 Å². The Bertz CT molecular complexity index is 587. The lowest BCUT2D eigenvalue weighted by molar-refractivity contribution is -0.114. The molecule has 4 nitrogen and oxygen atoms in total. The Kier molecular flexibility index (Phi) is 8.33. The summed E-state index contributed by atoms with van der Waals surface area (Å²) in [7, 11) is 0.